The van der Waals surface area contributed by atoms with Gasteiger partial charge in [-0.1, -0.05) is 157 Å². The zero-order valence-corrected chi connectivity index (χ0v) is 33.7. The molecule has 3 aliphatic carbocycles. The fraction of sp³-hybridized carbons (Fsp3) is 0.164. The number of benzene rings is 7. The molecule has 0 radical (unpaired) electrons. The van der Waals surface area contributed by atoms with Gasteiger partial charge < -0.3 is 4.42 Å². The Kier molecular flexibility index (Phi) is 6.53. The van der Waals surface area contributed by atoms with Crippen molar-refractivity contribution in [2.45, 2.75) is 57.8 Å². The van der Waals surface area contributed by atoms with Gasteiger partial charge in [-0.25, -0.2) is 9.97 Å². The van der Waals surface area contributed by atoms with Crippen molar-refractivity contribution in [2.24, 2.45) is 0 Å². The highest BCUT2D eigenvalue weighted by atomic mass is 16.3. The first kappa shape index (κ1) is 33.5. The normalized spacial score (nSPS) is 15.8. The van der Waals surface area contributed by atoms with Crippen LogP contribution in [0, 0.1) is 0 Å². The van der Waals surface area contributed by atoms with Crippen LogP contribution in [0.25, 0.3) is 89.2 Å². The summed E-state index contributed by atoms with van der Waals surface area (Å²) in [5.41, 5.74) is 23.0. The van der Waals surface area contributed by atoms with E-state index in [0.717, 1.165) is 38.9 Å². The summed E-state index contributed by atoms with van der Waals surface area (Å²) in [4.78, 5) is 10.8. The summed E-state index contributed by atoms with van der Waals surface area (Å²) in [5, 5.41) is 0.989. The maximum absolute atomic E-state index is 6.83. The van der Waals surface area contributed by atoms with Crippen molar-refractivity contribution >= 4 is 22.1 Å². The van der Waals surface area contributed by atoms with E-state index >= 15 is 0 Å². The van der Waals surface area contributed by atoms with Crippen molar-refractivity contribution in [3.05, 3.63) is 179 Å². The monoisotopic (exact) mass is 746 g/mol. The highest BCUT2D eigenvalue weighted by Crippen LogP contribution is 2.53. The van der Waals surface area contributed by atoms with Gasteiger partial charge >= 0.3 is 0 Å². The second kappa shape index (κ2) is 11.3. The molecule has 3 nitrogen and oxygen atoms in total. The Morgan fingerprint density at radius 1 is 0.379 bits per heavy atom. The highest BCUT2D eigenvalue weighted by molar-refractivity contribution is 6.08. The third-order valence-corrected chi connectivity index (χ3v) is 13.9. The molecular weight excluding hydrogens is 705 g/mol. The smallest absolute Gasteiger partial charge is 0.180 e. The summed E-state index contributed by atoms with van der Waals surface area (Å²) < 4.78 is 6.83. The minimum Gasteiger partial charge on any atom is -0.452 e. The minimum absolute atomic E-state index is 0.0804. The van der Waals surface area contributed by atoms with E-state index in [-0.39, 0.29) is 16.2 Å². The predicted octanol–water partition coefficient (Wildman–Crippen LogP) is 14.3. The first-order valence-corrected chi connectivity index (χ1v) is 20.5. The van der Waals surface area contributed by atoms with Crippen molar-refractivity contribution in [2.75, 3.05) is 0 Å². The molecule has 0 aliphatic heterocycles. The molecule has 3 heteroatoms. The van der Waals surface area contributed by atoms with Crippen LogP contribution < -0.4 is 0 Å². The SMILES string of the molecule is CC1(C)c2ccccc2-c2ccc(-c3ccc4oc5c(-c6ccc7c(c6)C(C)(C)c6ccccc6-7)nc(-c6ccc7c(c6)C(C)(C)c6ccccc6-7)nc5c4c3)cc21. The van der Waals surface area contributed by atoms with E-state index in [0.29, 0.717) is 11.4 Å². The van der Waals surface area contributed by atoms with Gasteiger partial charge in [0.15, 0.2) is 11.4 Å². The standard InChI is InChI=1S/C55H42N2O/c1-53(2)42-16-10-7-13-35(42)38-23-19-32(28-45(38)53)31-22-26-48-41(27-31)50-51(58-48)49(33-20-24-39-36-14-8-11-17-43(36)54(3,4)46(39)29-33)56-52(57-50)34-21-25-40-37-15-9-12-18-44(37)55(5,6)47(40)30-34/h7-30H,1-6H3. The summed E-state index contributed by atoms with van der Waals surface area (Å²) in [5.74, 6) is 0.699. The number of rotatable bonds is 3. The maximum atomic E-state index is 6.83. The van der Waals surface area contributed by atoms with Crippen molar-refractivity contribution in [3.63, 3.8) is 0 Å². The van der Waals surface area contributed by atoms with Gasteiger partial charge in [0.05, 0.1) is 0 Å². The molecule has 278 valence electrons. The van der Waals surface area contributed by atoms with Gasteiger partial charge in [0.2, 0.25) is 0 Å². The van der Waals surface area contributed by atoms with Gasteiger partial charge in [0, 0.05) is 32.8 Å². The average Bonchev–Trinajstić information content (AvgIpc) is 3.88. The van der Waals surface area contributed by atoms with E-state index in [2.05, 4.69) is 187 Å². The lowest BCUT2D eigenvalue weighted by Crippen LogP contribution is -2.15. The molecule has 0 atom stereocenters. The maximum Gasteiger partial charge on any atom is 0.180 e. The van der Waals surface area contributed by atoms with Crippen LogP contribution in [-0.2, 0) is 16.2 Å². The fourth-order valence-corrected chi connectivity index (χ4v) is 10.7. The third-order valence-electron chi connectivity index (χ3n) is 13.9. The summed E-state index contributed by atoms with van der Waals surface area (Å²) in [7, 11) is 0. The lowest BCUT2D eigenvalue weighted by molar-refractivity contribution is 0.659. The highest BCUT2D eigenvalue weighted by Gasteiger charge is 2.38. The van der Waals surface area contributed by atoms with Crippen LogP contribution in [0.4, 0.5) is 0 Å². The largest absolute Gasteiger partial charge is 0.452 e. The Labute approximate surface area is 339 Å². The Hall–Kier alpha value is -6.58. The second-order valence-corrected chi connectivity index (χ2v) is 18.2. The molecule has 12 rings (SSSR count). The summed E-state index contributed by atoms with van der Waals surface area (Å²) >= 11 is 0. The van der Waals surface area contributed by atoms with Crippen LogP contribution in [0.15, 0.2) is 150 Å². The van der Waals surface area contributed by atoms with Crippen LogP contribution >= 0.6 is 0 Å². The van der Waals surface area contributed by atoms with Gasteiger partial charge in [-0.15, -0.1) is 0 Å². The van der Waals surface area contributed by atoms with E-state index < -0.39 is 0 Å². The van der Waals surface area contributed by atoms with Crippen LogP contribution in [0.2, 0.25) is 0 Å². The van der Waals surface area contributed by atoms with Crippen LogP contribution in [0.3, 0.4) is 0 Å². The van der Waals surface area contributed by atoms with E-state index in [1.54, 1.807) is 0 Å². The average molecular weight is 747 g/mol. The topological polar surface area (TPSA) is 38.9 Å². The lowest BCUT2D eigenvalue weighted by atomic mass is 9.81. The quantitative estimate of drug-likeness (QED) is 0.181. The van der Waals surface area contributed by atoms with E-state index in [4.69, 9.17) is 14.4 Å². The number of hydrogen-bond donors (Lipinski definition) is 0. The number of hydrogen-bond acceptors (Lipinski definition) is 3. The second-order valence-electron chi connectivity index (χ2n) is 18.2. The van der Waals surface area contributed by atoms with Crippen LogP contribution in [-0.4, -0.2) is 9.97 Å². The summed E-state index contributed by atoms with van der Waals surface area (Å²) in [6.45, 7) is 14.0. The van der Waals surface area contributed by atoms with Gasteiger partial charge in [-0.2, -0.15) is 0 Å². The van der Waals surface area contributed by atoms with E-state index in [1.165, 1.54) is 72.3 Å². The van der Waals surface area contributed by atoms with Crippen molar-refractivity contribution in [3.8, 4) is 67.2 Å². The van der Waals surface area contributed by atoms with Gasteiger partial charge in [-0.3, -0.25) is 0 Å². The molecule has 9 aromatic rings. The molecule has 0 fully saturated rings. The zero-order valence-electron chi connectivity index (χ0n) is 33.7. The first-order chi connectivity index (χ1) is 28.0. The van der Waals surface area contributed by atoms with Crippen LogP contribution in [0.5, 0.6) is 0 Å². The number of nitrogens with zero attached hydrogens (tertiary/aromatic N) is 2. The molecule has 58 heavy (non-hydrogen) atoms. The molecule has 0 saturated carbocycles. The Bertz CT molecular complexity index is 3270. The molecule has 0 amide bonds. The molecule has 0 saturated heterocycles. The van der Waals surface area contributed by atoms with Crippen molar-refractivity contribution in [1.82, 2.24) is 9.97 Å². The summed E-state index contributed by atoms with van der Waals surface area (Å²) in [6.07, 6.45) is 0. The Balaban J connectivity index is 1.06. The molecular formula is C55H42N2O. The van der Waals surface area contributed by atoms with E-state index in [1.807, 2.05) is 0 Å². The molecule has 7 aromatic carbocycles. The molecule has 0 N–H and O–H groups in total. The third kappa shape index (κ3) is 4.39. The number of furan rings is 1. The molecule has 0 spiro atoms. The van der Waals surface area contributed by atoms with Crippen molar-refractivity contribution in [1.29, 1.82) is 0 Å². The molecule has 0 unspecified atom stereocenters. The fourth-order valence-electron chi connectivity index (χ4n) is 10.7. The number of aromatic nitrogens is 2. The van der Waals surface area contributed by atoms with E-state index in [9.17, 15) is 0 Å². The Morgan fingerprint density at radius 3 is 1.34 bits per heavy atom. The lowest BCUT2D eigenvalue weighted by Gasteiger charge is -2.22. The van der Waals surface area contributed by atoms with Crippen LogP contribution in [0.1, 0.15) is 74.9 Å². The number of fused-ring (bicyclic) bond motifs is 12. The molecule has 0 bridgehead atoms. The molecule has 2 heterocycles. The Morgan fingerprint density at radius 2 is 0.793 bits per heavy atom. The molecule has 3 aliphatic rings. The predicted molar refractivity (Wildman–Crippen MR) is 238 cm³/mol. The van der Waals surface area contributed by atoms with Gasteiger partial charge in [0.25, 0.3) is 0 Å². The van der Waals surface area contributed by atoms with Crippen molar-refractivity contribution < 1.29 is 4.42 Å². The minimum atomic E-state index is -0.147. The molecule has 2 aromatic heterocycles. The zero-order chi connectivity index (χ0) is 39.3. The first-order valence-electron chi connectivity index (χ1n) is 20.5. The summed E-state index contributed by atoms with van der Waals surface area (Å²) in [6, 6.07) is 53.5. The van der Waals surface area contributed by atoms with Gasteiger partial charge in [-0.05, 0) is 108 Å². The van der Waals surface area contributed by atoms with Gasteiger partial charge in [0.1, 0.15) is 16.8 Å².